The number of anilines is 1. The average Bonchev–Trinajstić information content (AvgIpc) is 3.50. The lowest BCUT2D eigenvalue weighted by atomic mass is 9.97. The number of hydrogen-bond donors (Lipinski definition) is 1. The van der Waals surface area contributed by atoms with Crippen molar-refractivity contribution in [2.24, 2.45) is 0 Å². The normalized spacial score (nSPS) is 12.3. The highest BCUT2D eigenvalue weighted by Gasteiger charge is 2.26. The predicted octanol–water partition coefficient (Wildman–Crippen LogP) is 5.62. The van der Waals surface area contributed by atoms with Crippen LogP contribution in [0.3, 0.4) is 0 Å². The van der Waals surface area contributed by atoms with Crippen molar-refractivity contribution in [1.82, 2.24) is 24.1 Å². The second-order valence-electron chi connectivity index (χ2n) is 9.12. The van der Waals surface area contributed by atoms with Gasteiger partial charge in [-0.3, -0.25) is 9.20 Å². The molecule has 0 saturated carbocycles. The summed E-state index contributed by atoms with van der Waals surface area (Å²) >= 11 is 1.44. The molecule has 0 aliphatic rings. The smallest absolute Gasteiger partial charge is 0.264 e. The third kappa shape index (κ3) is 3.93. The third-order valence-electron chi connectivity index (χ3n) is 6.78. The molecule has 0 saturated heterocycles. The molecule has 1 unspecified atom stereocenters. The lowest BCUT2D eigenvalue weighted by Gasteiger charge is -2.18. The molecule has 0 spiro atoms. The number of rotatable bonds is 5. The zero-order chi connectivity index (χ0) is 27.4. The van der Waals surface area contributed by atoms with Crippen LogP contribution < -0.4 is 16.0 Å². The van der Waals surface area contributed by atoms with E-state index in [-0.39, 0.29) is 17.1 Å². The van der Waals surface area contributed by atoms with Crippen LogP contribution in [0, 0.1) is 18.6 Å². The number of aromatic nitrogens is 5. The van der Waals surface area contributed by atoms with Crippen molar-refractivity contribution in [2.45, 2.75) is 19.9 Å². The lowest BCUT2D eigenvalue weighted by molar-refractivity contribution is 0.386. The van der Waals surface area contributed by atoms with Gasteiger partial charge in [0.25, 0.3) is 5.56 Å². The van der Waals surface area contributed by atoms with Crippen molar-refractivity contribution in [3.63, 3.8) is 0 Å². The summed E-state index contributed by atoms with van der Waals surface area (Å²) in [5, 5.41) is 7.15. The van der Waals surface area contributed by atoms with E-state index in [0.717, 1.165) is 10.5 Å². The lowest BCUT2D eigenvalue weighted by Crippen LogP contribution is -2.21. The third-order valence-corrected chi connectivity index (χ3v) is 7.78. The van der Waals surface area contributed by atoms with Gasteiger partial charge in [0.15, 0.2) is 17.2 Å². The average molecular weight is 545 g/mol. The first-order chi connectivity index (χ1) is 18.8. The van der Waals surface area contributed by atoms with Gasteiger partial charge in [-0.2, -0.15) is 5.10 Å². The van der Waals surface area contributed by atoms with Gasteiger partial charge >= 0.3 is 0 Å². The summed E-state index contributed by atoms with van der Waals surface area (Å²) in [6.45, 7) is 3.72. The Hall–Kier alpha value is -4.64. The Labute approximate surface area is 225 Å². The summed E-state index contributed by atoms with van der Waals surface area (Å²) in [6, 6.07) is 11.8. The number of hydrogen-bond acceptors (Lipinski definition) is 7. The molecule has 196 valence electrons. The highest BCUT2D eigenvalue weighted by Crippen LogP contribution is 2.37. The summed E-state index contributed by atoms with van der Waals surface area (Å²) in [4.78, 5) is 23.2. The Morgan fingerprint density at radius 1 is 1.08 bits per heavy atom. The SMILES string of the molecule is COc1ccc(-c2nn(C(C)c3cc4scc(C)n4c(=O)c3-c3cccc(F)c3)c3ncnc(N)c23)cc1F. The first kappa shape index (κ1) is 24.7. The molecule has 0 bridgehead atoms. The Balaban J connectivity index is 1.63. The van der Waals surface area contributed by atoms with Crippen LogP contribution in [-0.2, 0) is 0 Å². The first-order valence-electron chi connectivity index (χ1n) is 12.0. The van der Waals surface area contributed by atoms with E-state index in [1.807, 2.05) is 25.3 Å². The van der Waals surface area contributed by atoms with Crippen LogP contribution in [0.15, 0.2) is 65.0 Å². The molecule has 1 atom stereocenters. The van der Waals surface area contributed by atoms with Crippen LogP contribution in [-0.4, -0.2) is 31.3 Å². The van der Waals surface area contributed by atoms with E-state index >= 15 is 0 Å². The van der Waals surface area contributed by atoms with Crippen LogP contribution in [0.4, 0.5) is 14.6 Å². The van der Waals surface area contributed by atoms with E-state index in [9.17, 15) is 13.6 Å². The first-order valence-corrected chi connectivity index (χ1v) is 12.9. The van der Waals surface area contributed by atoms with Crippen LogP contribution in [0.5, 0.6) is 5.75 Å². The quantitative estimate of drug-likeness (QED) is 0.302. The van der Waals surface area contributed by atoms with Crippen LogP contribution >= 0.6 is 11.3 Å². The molecular weight excluding hydrogens is 522 g/mol. The molecular formula is C28H22F2N6O2S. The number of pyridine rings is 1. The predicted molar refractivity (Wildman–Crippen MR) is 147 cm³/mol. The number of nitrogens with two attached hydrogens (primary N) is 1. The standard InChI is InChI=1S/C28H22F2N6O2S/c1-14-12-39-22-11-19(23(28(37)35(14)22)16-5-4-6-18(29)9-16)15(2)36-27-24(26(31)32-13-33-27)25(34-36)17-7-8-21(38-3)20(30)10-17/h4-13,15H,1-3H3,(H2,31,32,33). The van der Waals surface area contributed by atoms with Crippen molar-refractivity contribution < 1.29 is 13.5 Å². The fraction of sp³-hybridized carbons (Fsp3) is 0.143. The number of fused-ring (bicyclic) bond motifs is 2. The van der Waals surface area contributed by atoms with Crippen molar-refractivity contribution in [3.8, 4) is 28.1 Å². The number of methoxy groups -OCH3 is 1. The maximum Gasteiger partial charge on any atom is 0.264 e. The molecule has 8 nitrogen and oxygen atoms in total. The van der Waals surface area contributed by atoms with E-state index in [2.05, 4.69) is 9.97 Å². The molecule has 0 amide bonds. The molecule has 0 aliphatic heterocycles. The number of nitrogens with zero attached hydrogens (tertiary/aromatic N) is 5. The van der Waals surface area contributed by atoms with Crippen molar-refractivity contribution >= 4 is 33.0 Å². The number of ether oxygens (including phenoxy) is 1. The van der Waals surface area contributed by atoms with Crippen LogP contribution in [0.2, 0.25) is 0 Å². The van der Waals surface area contributed by atoms with Gasteiger partial charge in [-0.25, -0.2) is 23.4 Å². The minimum absolute atomic E-state index is 0.0971. The van der Waals surface area contributed by atoms with Crippen molar-refractivity contribution in [2.75, 3.05) is 12.8 Å². The van der Waals surface area contributed by atoms with Gasteiger partial charge < -0.3 is 10.5 Å². The van der Waals surface area contributed by atoms with Gasteiger partial charge in [0.05, 0.1) is 24.1 Å². The maximum absolute atomic E-state index is 14.6. The molecule has 2 N–H and O–H groups in total. The fourth-order valence-electron chi connectivity index (χ4n) is 4.90. The Bertz CT molecular complexity index is 1960. The number of halogens is 2. The zero-order valence-electron chi connectivity index (χ0n) is 21.1. The number of nitrogen functional groups attached to an aromatic ring is 1. The van der Waals surface area contributed by atoms with Crippen LogP contribution in [0.25, 0.3) is 38.2 Å². The van der Waals surface area contributed by atoms with Crippen molar-refractivity contribution in [3.05, 3.63) is 93.5 Å². The highest BCUT2D eigenvalue weighted by atomic mass is 32.1. The molecule has 4 heterocycles. The second kappa shape index (κ2) is 9.28. The second-order valence-corrected chi connectivity index (χ2v) is 10.0. The molecule has 6 aromatic rings. The zero-order valence-corrected chi connectivity index (χ0v) is 22.0. The summed E-state index contributed by atoms with van der Waals surface area (Å²) in [5.74, 6) is -0.730. The van der Waals surface area contributed by atoms with Gasteiger partial charge in [0, 0.05) is 16.6 Å². The Morgan fingerprint density at radius 3 is 2.64 bits per heavy atom. The minimum Gasteiger partial charge on any atom is -0.494 e. The highest BCUT2D eigenvalue weighted by molar-refractivity contribution is 7.15. The Kier molecular flexibility index (Phi) is 5.87. The van der Waals surface area contributed by atoms with E-state index in [4.69, 9.17) is 15.6 Å². The molecule has 0 fully saturated rings. The summed E-state index contributed by atoms with van der Waals surface area (Å²) in [6.07, 6.45) is 1.33. The fourth-order valence-corrected chi connectivity index (χ4v) is 5.82. The van der Waals surface area contributed by atoms with Gasteiger partial charge in [-0.1, -0.05) is 12.1 Å². The summed E-state index contributed by atoms with van der Waals surface area (Å²) < 4.78 is 37.3. The molecule has 4 aromatic heterocycles. The molecule has 6 rings (SSSR count). The monoisotopic (exact) mass is 544 g/mol. The summed E-state index contributed by atoms with van der Waals surface area (Å²) in [7, 11) is 1.39. The van der Waals surface area contributed by atoms with Crippen molar-refractivity contribution in [1.29, 1.82) is 0 Å². The number of benzene rings is 2. The molecule has 0 aliphatic carbocycles. The molecule has 2 aromatic carbocycles. The van der Waals surface area contributed by atoms with E-state index in [0.29, 0.717) is 39.0 Å². The largest absolute Gasteiger partial charge is 0.494 e. The van der Waals surface area contributed by atoms with E-state index < -0.39 is 17.7 Å². The van der Waals surface area contributed by atoms with Gasteiger partial charge in [0.1, 0.15) is 28.5 Å². The number of aryl methyl sites for hydroxylation is 1. The van der Waals surface area contributed by atoms with E-state index in [1.54, 1.807) is 27.3 Å². The topological polar surface area (TPSA) is 100 Å². The van der Waals surface area contributed by atoms with E-state index in [1.165, 1.54) is 49.0 Å². The maximum atomic E-state index is 14.6. The van der Waals surface area contributed by atoms with Gasteiger partial charge in [-0.05, 0) is 61.4 Å². The van der Waals surface area contributed by atoms with Gasteiger partial charge in [0.2, 0.25) is 0 Å². The minimum atomic E-state index is -0.555. The number of thiazole rings is 1. The van der Waals surface area contributed by atoms with Crippen LogP contribution in [0.1, 0.15) is 24.2 Å². The molecule has 11 heteroatoms. The molecule has 39 heavy (non-hydrogen) atoms. The molecule has 0 radical (unpaired) electrons. The summed E-state index contributed by atoms with van der Waals surface area (Å²) in [5.41, 5.74) is 9.46. The Morgan fingerprint density at radius 2 is 1.90 bits per heavy atom. The van der Waals surface area contributed by atoms with Gasteiger partial charge in [-0.15, -0.1) is 11.3 Å².